The van der Waals surface area contributed by atoms with E-state index in [2.05, 4.69) is 31.0 Å². The predicted molar refractivity (Wildman–Crippen MR) is 60.6 cm³/mol. The standard InChI is InChI=1S/C12H22N2O/c1-11(2,3)9-14-6-4-12(5-7-14)8-10(15)13-12/h4-9H2,1-3H3,(H,13,15). The molecule has 0 unspecified atom stereocenters. The Morgan fingerprint density at radius 1 is 1.33 bits per heavy atom. The lowest BCUT2D eigenvalue weighted by Crippen LogP contribution is -2.65. The molecule has 0 aromatic heterocycles. The Balaban J connectivity index is 1.80. The van der Waals surface area contributed by atoms with Gasteiger partial charge >= 0.3 is 0 Å². The van der Waals surface area contributed by atoms with Gasteiger partial charge in [0.25, 0.3) is 0 Å². The Hall–Kier alpha value is -0.570. The van der Waals surface area contributed by atoms with E-state index in [0.717, 1.165) is 38.9 Å². The number of nitrogens with zero attached hydrogens (tertiary/aromatic N) is 1. The third-order valence-corrected chi connectivity index (χ3v) is 3.41. The molecule has 0 radical (unpaired) electrons. The van der Waals surface area contributed by atoms with Crippen molar-refractivity contribution < 1.29 is 4.79 Å². The topological polar surface area (TPSA) is 32.3 Å². The largest absolute Gasteiger partial charge is 0.350 e. The number of nitrogens with one attached hydrogen (secondary N) is 1. The molecule has 15 heavy (non-hydrogen) atoms. The lowest BCUT2D eigenvalue weighted by molar-refractivity contribution is -0.134. The first-order valence-electron chi connectivity index (χ1n) is 5.92. The SMILES string of the molecule is CC(C)(C)CN1CCC2(CC1)CC(=O)N2. The van der Waals surface area contributed by atoms with Crippen LogP contribution in [0.5, 0.6) is 0 Å². The molecule has 2 saturated heterocycles. The first-order valence-corrected chi connectivity index (χ1v) is 5.92. The molecule has 0 saturated carbocycles. The highest BCUT2D eigenvalue weighted by Crippen LogP contribution is 2.32. The molecule has 0 aromatic carbocycles. The number of amides is 1. The highest BCUT2D eigenvalue weighted by molar-refractivity contribution is 5.84. The summed E-state index contributed by atoms with van der Waals surface area (Å²) >= 11 is 0. The average molecular weight is 210 g/mol. The van der Waals surface area contributed by atoms with Crippen LogP contribution in [0.4, 0.5) is 0 Å². The second kappa shape index (κ2) is 3.48. The molecule has 2 fully saturated rings. The van der Waals surface area contributed by atoms with E-state index in [4.69, 9.17) is 0 Å². The van der Waals surface area contributed by atoms with Crippen LogP contribution in [0.3, 0.4) is 0 Å². The van der Waals surface area contributed by atoms with E-state index in [0.29, 0.717) is 5.41 Å². The van der Waals surface area contributed by atoms with Crippen LogP contribution < -0.4 is 5.32 Å². The first kappa shape index (κ1) is 10.9. The maximum Gasteiger partial charge on any atom is 0.222 e. The van der Waals surface area contributed by atoms with Gasteiger partial charge in [0.2, 0.25) is 5.91 Å². The summed E-state index contributed by atoms with van der Waals surface area (Å²) < 4.78 is 0. The molecular weight excluding hydrogens is 188 g/mol. The molecule has 0 aliphatic carbocycles. The van der Waals surface area contributed by atoms with Gasteiger partial charge in [-0.15, -0.1) is 0 Å². The van der Waals surface area contributed by atoms with Crippen LogP contribution in [0.1, 0.15) is 40.0 Å². The zero-order valence-electron chi connectivity index (χ0n) is 10.1. The van der Waals surface area contributed by atoms with Gasteiger partial charge in [-0.05, 0) is 18.3 Å². The molecular formula is C12H22N2O. The second-order valence-electron chi connectivity index (χ2n) is 6.34. The van der Waals surface area contributed by atoms with E-state index >= 15 is 0 Å². The Kier molecular flexibility index (Phi) is 2.53. The molecule has 2 aliphatic rings. The molecule has 3 heteroatoms. The van der Waals surface area contributed by atoms with Crippen LogP contribution in [-0.2, 0) is 4.79 Å². The molecule has 86 valence electrons. The minimum Gasteiger partial charge on any atom is -0.350 e. The lowest BCUT2D eigenvalue weighted by Gasteiger charge is -2.48. The monoisotopic (exact) mass is 210 g/mol. The van der Waals surface area contributed by atoms with Gasteiger partial charge in [-0.1, -0.05) is 20.8 Å². The number of hydrogen-bond acceptors (Lipinski definition) is 2. The van der Waals surface area contributed by atoms with Gasteiger partial charge in [0, 0.05) is 26.1 Å². The van der Waals surface area contributed by atoms with Crippen molar-refractivity contribution in [1.29, 1.82) is 0 Å². The van der Waals surface area contributed by atoms with E-state index in [1.54, 1.807) is 0 Å². The third kappa shape index (κ3) is 2.51. The Labute approximate surface area is 92.2 Å². The average Bonchev–Trinajstić information content (AvgIpc) is 2.04. The van der Waals surface area contributed by atoms with Gasteiger partial charge in [0.15, 0.2) is 0 Å². The number of carbonyl (C=O) groups excluding carboxylic acids is 1. The van der Waals surface area contributed by atoms with E-state index in [1.807, 2.05) is 0 Å². The van der Waals surface area contributed by atoms with Crippen molar-refractivity contribution in [1.82, 2.24) is 10.2 Å². The number of likely N-dealkylation sites (tertiary alicyclic amines) is 1. The molecule has 2 heterocycles. The minimum absolute atomic E-state index is 0.186. The summed E-state index contributed by atoms with van der Waals surface area (Å²) in [6, 6.07) is 0. The number of rotatable bonds is 1. The van der Waals surface area contributed by atoms with Crippen LogP contribution in [0.15, 0.2) is 0 Å². The summed E-state index contributed by atoms with van der Waals surface area (Å²) in [7, 11) is 0. The summed E-state index contributed by atoms with van der Waals surface area (Å²) in [5.74, 6) is 0.235. The van der Waals surface area contributed by atoms with Crippen LogP contribution in [-0.4, -0.2) is 36.0 Å². The van der Waals surface area contributed by atoms with E-state index in [9.17, 15) is 4.79 Å². The highest BCUT2D eigenvalue weighted by Gasteiger charge is 2.44. The third-order valence-electron chi connectivity index (χ3n) is 3.41. The molecule has 1 amide bonds. The van der Waals surface area contributed by atoms with Crippen LogP contribution in [0, 0.1) is 5.41 Å². The molecule has 1 spiro atoms. The van der Waals surface area contributed by atoms with Gasteiger partial charge in [0.05, 0.1) is 5.54 Å². The maximum absolute atomic E-state index is 11.0. The van der Waals surface area contributed by atoms with Crippen molar-refractivity contribution in [2.75, 3.05) is 19.6 Å². The van der Waals surface area contributed by atoms with Crippen LogP contribution >= 0.6 is 0 Å². The zero-order valence-corrected chi connectivity index (χ0v) is 10.1. The maximum atomic E-state index is 11.0. The van der Waals surface area contributed by atoms with E-state index in [1.165, 1.54) is 0 Å². The fraction of sp³-hybridized carbons (Fsp3) is 0.917. The van der Waals surface area contributed by atoms with Crippen molar-refractivity contribution in [2.45, 2.75) is 45.6 Å². The Bertz CT molecular complexity index is 249. The molecule has 2 rings (SSSR count). The quantitative estimate of drug-likeness (QED) is 0.663. The van der Waals surface area contributed by atoms with Crippen molar-refractivity contribution in [3.63, 3.8) is 0 Å². The molecule has 3 nitrogen and oxygen atoms in total. The van der Waals surface area contributed by atoms with E-state index in [-0.39, 0.29) is 11.4 Å². The normalized spacial score (nSPS) is 26.2. The van der Waals surface area contributed by atoms with Crippen LogP contribution in [0.2, 0.25) is 0 Å². The Morgan fingerprint density at radius 2 is 1.87 bits per heavy atom. The molecule has 1 N–H and O–H groups in total. The first-order chi connectivity index (χ1) is 6.89. The fourth-order valence-electron chi connectivity index (χ4n) is 2.70. The summed E-state index contributed by atoms with van der Waals surface area (Å²) in [5, 5.41) is 3.08. The van der Waals surface area contributed by atoms with Crippen LogP contribution in [0.25, 0.3) is 0 Å². The second-order valence-corrected chi connectivity index (χ2v) is 6.34. The smallest absolute Gasteiger partial charge is 0.222 e. The van der Waals surface area contributed by atoms with Gasteiger partial charge in [-0.2, -0.15) is 0 Å². The van der Waals surface area contributed by atoms with Gasteiger partial charge < -0.3 is 10.2 Å². The minimum atomic E-state index is 0.186. The summed E-state index contributed by atoms with van der Waals surface area (Å²) in [5.41, 5.74) is 0.568. The summed E-state index contributed by atoms with van der Waals surface area (Å²) in [6.45, 7) is 10.3. The molecule has 0 atom stereocenters. The predicted octanol–water partition coefficient (Wildman–Crippen LogP) is 1.39. The molecule has 0 aromatic rings. The van der Waals surface area contributed by atoms with Crippen molar-refractivity contribution in [3.8, 4) is 0 Å². The summed E-state index contributed by atoms with van der Waals surface area (Å²) in [6.07, 6.45) is 3.03. The zero-order chi connectivity index (χ0) is 11.1. The summed E-state index contributed by atoms with van der Waals surface area (Å²) in [4.78, 5) is 13.5. The van der Waals surface area contributed by atoms with Crippen molar-refractivity contribution in [2.24, 2.45) is 5.41 Å². The van der Waals surface area contributed by atoms with Gasteiger partial charge in [-0.25, -0.2) is 0 Å². The number of hydrogen-bond donors (Lipinski definition) is 1. The van der Waals surface area contributed by atoms with E-state index < -0.39 is 0 Å². The van der Waals surface area contributed by atoms with Gasteiger partial charge in [0.1, 0.15) is 0 Å². The number of piperidine rings is 1. The number of β-lactam (4-membered cyclic amide) rings is 1. The Morgan fingerprint density at radius 3 is 2.27 bits per heavy atom. The molecule has 2 aliphatic heterocycles. The van der Waals surface area contributed by atoms with Crippen molar-refractivity contribution >= 4 is 5.91 Å². The lowest BCUT2D eigenvalue weighted by atomic mass is 9.78. The van der Waals surface area contributed by atoms with Gasteiger partial charge in [-0.3, -0.25) is 4.79 Å². The number of carbonyl (C=O) groups is 1. The fourth-order valence-corrected chi connectivity index (χ4v) is 2.70. The highest BCUT2D eigenvalue weighted by atomic mass is 16.2. The molecule has 0 bridgehead atoms. The van der Waals surface area contributed by atoms with Crippen molar-refractivity contribution in [3.05, 3.63) is 0 Å².